The third-order valence-corrected chi connectivity index (χ3v) is 5.69. The van der Waals surface area contributed by atoms with Crippen molar-refractivity contribution in [3.05, 3.63) is 18.2 Å². The Bertz CT molecular complexity index is 639. The van der Waals surface area contributed by atoms with E-state index in [1.165, 1.54) is 4.31 Å². The van der Waals surface area contributed by atoms with Crippen LogP contribution >= 0.6 is 0 Å². The van der Waals surface area contributed by atoms with Crippen molar-refractivity contribution in [2.45, 2.75) is 25.7 Å². The van der Waals surface area contributed by atoms with E-state index < -0.39 is 10.0 Å². The van der Waals surface area contributed by atoms with Gasteiger partial charge in [0.1, 0.15) is 0 Å². The number of carbonyl (C=O) groups excluding carboxylic acids is 1. The minimum absolute atomic E-state index is 0.123. The summed E-state index contributed by atoms with van der Waals surface area (Å²) in [7, 11) is -3.51. The van der Waals surface area contributed by atoms with Crippen LogP contribution in [0.15, 0.2) is 23.1 Å². The largest absolute Gasteiger partial charge is 0.361 e. The molecule has 1 aromatic carbocycles. The average Bonchev–Trinajstić information content (AvgIpc) is 2.46. The summed E-state index contributed by atoms with van der Waals surface area (Å²) in [6.45, 7) is 7.41. The van der Waals surface area contributed by atoms with Gasteiger partial charge in [0.2, 0.25) is 15.9 Å². The van der Waals surface area contributed by atoms with Gasteiger partial charge in [-0.05, 0) is 25.1 Å². The van der Waals surface area contributed by atoms with Crippen LogP contribution in [0.25, 0.3) is 0 Å². The first-order valence-corrected chi connectivity index (χ1v) is 8.57. The zero-order chi connectivity index (χ0) is 15.6. The summed E-state index contributed by atoms with van der Waals surface area (Å²) in [6.07, 6.45) is 0. The van der Waals surface area contributed by atoms with Crippen LogP contribution in [-0.2, 0) is 14.8 Å². The Kier molecular flexibility index (Phi) is 4.53. The van der Waals surface area contributed by atoms with E-state index in [0.717, 1.165) is 5.69 Å². The third kappa shape index (κ3) is 2.89. The second-order valence-electron chi connectivity index (χ2n) is 4.83. The Hall–Kier alpha value is -1.60. The van der Waals surface area contributed by atoms with Crippen molar-refractivity contribution in [2.75, 3.05) is 36.4 Å². The van der Waals surface area contributed by atoms with Crippen LogP contribution in [0.2, 0.25) is 0 Å². The highest BCUT2D eigenvalue weighted by Crippen LogP contribution is 2.32. The first-order valence-electron chi connectivity index (χ1n) is 7.13. The molecule has 0 unspecified atom stereocenters. The number of likely N-dealkylation sites (N-methyl/N-ethyl adjacent to an activating group) is 1. The fraction of sp³-hybridized carbons (Fsp3) is 0.500. The number of hydrogen-bond acceptors (Lipinski definition) is 4. The van der Waals surface area contributed by atoms with E-state index in [2.05, 4.69) is 5.32 Å². The summed E-state index contributed by atoms with van der Waals surface area (Å²) < 4.78 is 26.4. The summed E-state index contributed by atoms with van der Waals surface area (Å²) in [5.41, 5.74) is 1.41. The van der Waals surface area contributed by atoms with Crippen LogP contribution in [0.3, 0.4) is 0 Å². The number of hydrogen-bond donors (Lipinski definition) is 1. The Morgan fingerprint density at radius 1 is 1.24 bits per heavy atom. The topological polar surface area (TPSA) is 69.7 Å². The van der Waals surface area contributed by atoms with Crippen LogP contribution in [0, 0.1) is 0 Å². The predicted octanol–water partition coefficient (Wildman–Crippen LogP) is 1.50. The zero-order valence-electron chi connectivity index (χ0n) is 12.6. The van der Waals surface area contributed by atoms with Gasteiger partial charge in [-0.15, -0.1) is 0 Å². The molecule has 1 aliphatic rings. The molecule has 0 aromatic heterocycles. The van der Waals surface area contributed by atoms with Gasteiger partial charge in [0.25, 0.3) is 0 Å². The minimum Gasteiger partial charge on any atom is -0.361 e. The molecule has 7 heteroatoms. The number of sulfonamides is 1. The minimum atomic E-state index is -3.51. The second-order valence-corrected chi connectivity index (χ2v) is 6.77. The van der Waals surface area contributed by atoms with Gasteiger partial charge in [0.05, 0.1) is 22.8 Å². The number of amides is 1. The van der Waals surface area contributed by atoms with Crippen LogP contribution in [0.1, 0.15) is 20.8 Å². The molecule has 1 aromatic rings. The molecular weight excluding hydrogens is 290 g/mol. The molecule has 2 rings (SSSR count). The van der Waals surface area contributed by atoms with Gasteiger partial charge in [-0.25, -0.2) is 8.42 Å². The molecule has 0 spiro atoms. The lowest BCUT2D eigenvalue weighted by Crippen LogP contribution is -2.38. The quantitative estimate of drug-likeness (QED) is 0.894. The van der Waals surface area contributed by atoms with Crippen LogP contribution in [0.5, 0.6) is 0 Å². The van der Waals surface area contributed by atoms with Gasteiger partial charge in [-0.2, -0.15) is 4.31 Å². The number of nitrogens with one attached hydrogen (secondary N) is 1. The maximum atomic E-state index is 12.5. The van der Waals surface area contributed by atoms with E-state index in [1.54, 1.807) is 32.0 Å². The van der Waals surface area contributed by atoms with Gasteiger partial charge < -0.3 is 10.2 Å². The third-order valence-electron chi connectivity index (χ3n) is 3.64. The highest BCUT2D eigenvalue weighted by molar-refractivity contribution is 7.89. The number of nitrogens with zero attached hydrogens (tertiary/aromatic N) is 2. The number of carbonyl (C=O) groups is 1. The molecule has 0 saturated heterocycles. The summed E-state index contributed by atoms with van der Waals surface area (Å²) in [5, 5.41) is 2.75. The van der Waals surface area contributed by atoms with Gasteiger partial charge in [-0.1, -0.05) is 13.8 Å². The Morgan fingerprint density at radius 2 is 1.90 bits per heavy atom. The standard InChI is InChI=1S/C14H21N3O3S/c1-4-16-10-14(18)15-12-9-11(7-8-13(12)16)21(19,20)17(5-2)6-3/h7-9H,4-6,10H2,1-3H3,(H,15,18). The second kappa shape index (κ2) is 6.03. The molecule has 1 N–H and O–H groups in total. The molecule has 116 valence electrons. The van der Waals surface area contributed by atoms with E-state index in [0.29, 0.717) is 31.9 Å². The van der Waals surface area contributed by atoms with Crippen molar-refractivity contribution in [3.63, 3.8) is 0 Å². The normalized spacial score (nSPS) is 15.0. The summed E-state index contributed by atoms with van der Waals surface area (Å²) in [5.74, 6) is -0.123. The maximum Gasteiger partial charge on any atom is 0.243 e. The number of fused-ring (bicyclic) bond motifs is 1. The Balaban J connectivity index is 2.46. The molecular formula is C14H21N3O3S. The average molecular weight is 311 g/mol. The fourth-order valence-electron chi connectivity index (χ4n) is 2.49. The molecule has 0 atom stereocenters. The predicted molar refractivity (Wildman–Crippen MR) is 83.1 cm³/mol. The maximum absolute atomic E-state index is 12.5. The van der Waals surface area contributed by atoms with Gasteiger partial charge in [0, 0.05) is 19.6 Å². The lowest BCUT2D eigenvalue weighted by atomic mass is 10.2. The van der Waals surface area contributed by atoms with Crippen molar-refractivity contribution < 1.29 is 13.2 Å². The Labute approximate surface area is 125 Å². The Morgan fingerprint density at radius 3 is 2.48 bits per heavy atom. The number of anilines is 2. The monoisotopic (exact) mass is 311 g/mol. The van der Waals surface area contributed by atoms with E-state index in [-0.39, 0.29) is 10.8 Å². The molecule has 1 aliphatic heterocycles. The molecule has 6 nitrogen and oxygen atoms in total. The first kappa shape index (κ1) is 15.8. The lowest BCUT2D eigenvalue weighted by molar-refractivity contribution is -0.115. The highest BCUT2D eigenvalue weighted by Gasteiger charge is 2.26. The van der Waals surface area contributed by atoms with Crippen molar-refractivity contribution in [2.24, 2.45) is 0 Å². The van der Waals surface area contributed by atoms with Crippen molar-refractivity contribution >= 4 is 27.3 Å². The molecule has 0 saturated carbocycles. The fourth-order valence-corrected chi connectivity index (χ4v) is 3.98. The molecule has 0 aliphatic carbocycles. The summed E-state index contributed by atoms with van der Waals surface area (Å²) >= 11 is 0. The zero-order valence-corrected chi connectivity index (χ0v) is 13.4. The molecule has 21 heavy (non-hydrogen) atoms. The molecule has 0 radical (unpaired) electrons. The van der Waals surface area contributed by atoms with Crippen LogP contribution < -0.4 is 10.2 Å². The van der Waals surface area contributed by atoms with E-state index in [4.69, 9.17) is 0 Å². The van der Waals surface area contributed by atoms with Gasteiger partial charge in [0.15, 0.2) is 0 Å². The van der Waals surface area contributed by atoms with E-state index >= 15 is 0 Å². The van der Waals surface area contributed by atoms with E-state index in [9.17, 15) is 13.2 Å². The van der Waals surface area contributed by atoms with Crippen molar-refractivity contribution in [3.8, 4) is 0 Å². The van der Waals surface area contributed by atoms with Gasteiger partial charge in [-0.3, -0.25) is 4.79 Å². The summed E-state index contributed by atoms with van der Waals surface area (Å²) in [4.78, 5) is 13.8. The molecule has 0 bridgehead atoms. The number of rotatable bonds is 5. The molecule has 1 heterocycles. The highest BCUT2D eigenvalue weighted by atomic mass is 32.2. The van der Waals surface area contributed by atoms with Gasteiger partial charge >= 0.3 is 0 Å². The summed E-state index contributed by atoms with van der Waals surface area (Å²) in [6, 6.07) is 4.91. The SMILES string of the molecule is CCN1CC(=O)Nc2cc(S(=O)(=O)N(CC)CC)ccc21. The van der Waals surface area contributed by atoms with Crippen molar-refractivity contribution in [1.82, 2.24) is 4.31 Å². The molecule has 1 amide bonds. The van der Waals surface area contributed by atoms with Crippen LogP contribution in [-0.4, -0.2) is 44.8 Å². The molecule has 0 fully saturated rings. The van der Waals surface area contributed by atoms with E-state index in [1.807, 2.05) is 11.8 Å². The van der Waals surface area contributed by atoms with Crippen LogP contribution in [0.4, 0.5) is 11.4 Å². The smallest absolute Gasteiger partial charge is 0.243 e. The van der Waals surface area contributed by atoms with Crippen molar-refractivity contribution in [1.29, 1.82) is 0 Å². The number of benzene rings is 1. The lowest BCUT2D eigenvalue weighted by Gasteiger charge is -2.30. The first-order chi connectivity index (χ1) is 9.93.